The van der Waals surface area contributed by atoms with Crippen molar-refractivity contribution < 1.29 is 9.84 Å². The van der Waals surface area contributed by atoms with E-state index < -0.39 is 0 Å². The molecular formula is C21H32O2. The fourth-order valence-corrected chi connectivity index (χ4v) is 5.38. The number of phenolic OH excluding ortho intramolecular Hbond substituents is 1. The smallest absolute Gasteiger partial charge is 0.127 e. The van der Waals surface area contributed by atoms with Crippen LogP contribution in [-0.4, -0.2) is 11.2 Å². The monoisotopic (exact) mass is 316 g/mol. The summed E-state index contributed by atoms with van der Waals surface area (Å²) in [4.78, 5) is 0. The van der Waals surface area contributed by atoms with Crippen molar-refractivity contribution in [3.63, 3.8) is 0 Å². The van der Waals surface area contributed by atoms with Crippen molar-refractivity contribution in [3.05, 3.63) is 23.3 Å². The third-order valence-corrected chi connectivity index (χ3v) is 6.46. The molecule has 2 heteroatoms. The highest BCUT2D eigenvalue weighted by Crippen LogP contribution is 2.67. The summed E-state index contributed by atoms with van der Waals surface area (Å²) in [5.41, 5.74) is 2.53. The Morgan fingerprint density at radius 2 is 1.91 bits per heavy atom. The summed E-state index contributed by atoms with van der Waals surface area (Å²) in [6.45, 7) is 11.4. The number of benzene rings is 1. The zero-order valence-corrected chi connectivity index (χ0v) is 15.4. The lowest BCUT2D eigenvalue weighted by Gasteiger charge is -2.62. The van der Waals surface area contributed by atoms with Gasteiger partial charge in [-0.1, -0.05) is 47.0 Å². The predicted octanol–water partition coefficient (Wildman–Crippen LogP) is 5.67. The van der Waals surface area contributed by atoms with Crippen LogP contribution in [0.25, 0.3) is 0 Å². The van der Waals surface area contributed by atoms with Gasteiger partial charge in [-0.25, -0.2) is 0 Å². The molecule has 0 saturated heterocycles. The fourth-order valence-electron chi connectivity index (χ4n) is 5.38. The van der Waals surface area contributed by atoms with Gasteiger partial charge in [-0.05, 0) is 48.8 Å². The van der Waals surface area contributed by atoms with Gasteiger partial charge in [0.15, 0.2) is 0 Å². The maximum atomic E-state index is 10.7. The van der Waals surface area contributed by atoms with Gasteiger partial charge in [-0.15, -0.1) is 0 Å². The SMILES string of the molecule is CCCCCc1cc(O)c2c(c1)O[C@@H](C)[C@@H]1C(CC)C(C)(C)[C@H]21. The molecule has 1 aliphatic carbocycles. The number of aryl methyl sites for hydroxylation is 1. The number of phenols is 1. The first-order chi connectivity index (χ1) is 10.9. The molecule has 1 fully saturated rings. The molecule has 1 aromatic rings. The van der Waals surface area contributed by atoms with Crippen molar-refractivity contribution in [2.24, 2.45) is 17.3 Å². The van der Waals surface area contributed by atoms with E-state index in [-0.39, 0.29) is 11.5 Å². The van der Waals surface area contributed by atoms with Crippen LogP contribution in [0.15, 0.2) is 12.1 Å². The molecular weight excluding hydrogens is 284 g/mol. The first-order valence-corrected chi connectivity index (χ1v) is 9.44. The Morgan fingerprint density at radius 3 is 2.57 bits per heavy atom. The van der Waals surface area contributed by atoms with E-state index in [9.17, 15) is 5.11 Å². The summed E-state index contributed by atoms with van der Waals surface area (Å²) in [6.07, 6.45) is 6.11. The van der Waals surface area contributed by atoms with Crippen molar-refractivity contribution >= 4 is 0 Å². The largest absolute Gasteiger partial charge is 0.508 e. The third-order valence-electron chi connectivity index (χ3n) is 6.46. The summed E-state index contributed by atoms with van der Waals surface area (Å²) in [7, 11) is 0. The molecule has 1 aromatic carbocycles. The molecule has 1 saturated carbocycles. The van der Waals surface area contributed by atoms with Gasteiger partial charge in [0.2, 0.25) is 0 Å². The van der Waals surface area contributed by atoms with Crippen LogP contribution in [0.3, 0.4) is 0 Å². The number of fused-ring (bicyclic) bond motifs is 3. The molecule has 0 bridgehead atoms. The number of aromatic hydroxyl groups is 1. The molecule has 23 heavy (non-hydrogen) atoms. The molecule has 0 amide bonds. The Balaban J connectivity index is 1.93. The van der Waals surface area contributed by atoms with Gasteiger partial charge in [0, 0.05) is 17.4 Å². The lowest BCUT2D eigenvalue weighted by atomic mass is 9.44. The van der Waals surface area contributed by atoms with Crippen LogP contribution in [0.5, 0.6) is 11.5 Å². The first-order valence-electron chi connectivity index (χ1n) is 9.44. The minimum Gasteiger partial charge on any atom is -0.508 e. The second-order valence-electron chi connectivity index (χ2n) is 8.20. The summed E-state index contributed by atoms with van der Waals surface area (Å²) in [6, 6.07) is 4.17. The van der Waals surface area contributed by atoms with Crippen LogP contribution < -0.4 is 4.74 Å². The lowest BCUT2D eigenvalue weighted by molar-refractivity contribution is -0.115. The topological polar surface area (TPSA) is 29.5 Å². The van der Waals surface area contributed by atoms with Gasteiger partial charge < -0.3 is 9.84 Å². The molecule has 1 heterocycles. The van der Waals surface area contributed by atoms with Gasteiger partial charge in [-0.2, -0.15) is 0 Å². The first kappa shape index (κ1) is 16.7. The molecule has 1 unspecified atom stereocenters. The Kier molecular flexibility index (Phi) is 4.37. The molecule has 0 aromatic heterocycles. The number of hydrogen-bond donors (Lipinski definition) is 1. The second-order valence-corrected chi connectivity index (χ2v) is 8.20. The quantitative estimate of drug-likeness (QED) is 0.709. The van der Waals surface area contributed by atoms with E-state index in [2.05, 4.69) is 40.7 Å². The third kappa shape index (κ3) is 2.55. The summed E-state index contributed by atoms with van der Waals surface area (Å²) >= 11 is 0. The molecule has 1 N–H and O–H groups in total. The van der Waals surface area contributed by atoms with E-state index in [1.165, 1.54) is 31.2 Å². The van der Waals surface area contributed by atoms with E-state index in [4.69, 9.17) is 4.74 Å². The minimum atomic E-state index is 0.243. The summed E-state index contributed by atoms with van der Waals surface area (Å²) in [5.74, 6) is 3.04. The summed E-state index contributed by atoms with van der Waals surface area (Å²) in [5, 5.41) is 10.7. The van der Waals surface area contributed by atoms with Crippen LogP contribution in [0, 0.1) is 17.3 Å². The number of ether oxygens (including phenoxy) is 1. The maximum Gasteiger partial charge on any atom is 0.127 e. The van der Waals surface area contributed by atoms with Crippen molar-refractivity contribution in [1.82, 2.24) is 0 Å². The lowest BCUT2D eigenvalue weighted by Crippen LogP contribution is -2.58. The van der Waals surface area contributed by atoms with E-state index in [1.807, 2.05) is 6.07 Å². The molecule has 0 radical (unpaired) electrons. The maximum absolute atomic E-state index is 10.7. The fraction of sp³-hybridized carbons (Fsp3) is 0.714. The van der Waals surface area contributed by atoms with Crippen LogP contribution in [-0.2, 0) is 6.42 Å². The van der Waals surface area contributed by atoms with Crippen LogP contribution >= 0.6 is 0 Å². The van der Waals surface area contributed by atoms with Gasteiger partial charge in [0.05, 0.1) is 6.10 Å². The Morgan fingerprint density at radius 1 is 1.17 bits per heavy atom. The molecule has 3 rings (SSSR count). The van der Waals surface area contributed by atoms with Gasteiger partial charge in [0.25, 0.3) is 0 Å². The van der Waals surface area contributed by atoms with Gasteiger partial charge >= 0.3 is 0 Å². The highest BCUT2D eigenvalue weighted by molar-refractivity contribution is 5.53. The molecule has 4 atom stereocenters. The van der Waals surface area contributed by atoms with Crippen LogP contribution in [0.2, 0.25) is 0 Å². The highest BCUT2D eigenvalue weighted by Gasteiger charge is 2.61. The molecule has 1 aliphatic heterocycles. The Hall–Kier alpha value is -1.18. The number of rotatable bonds is 5. The molecule has 2 aliphatic rings. The summed E-state index contributed by atoms with van der Waals surface area (Å²) < 4.78 is 6.26. The van der Waals surface area contributed by atoms with Crippen LogP contribution in [0.4, 0.5) is 0 Å². The van der Waals surface area contributed by atoms with Gasteiger partial charge in [-0.3, -0.25) is 0 Å². The Bertz CT molecular complexity index is 575. The standard InChI is InChI=1S/C21H32O2/c1-6-8-9-10-14-11-16(22)19-17(12-14)23-13(3)18-15(7-2)21(4,5)20(18)19/h11-13,15,18,20,22H,6-10H2,1-5H3/t13-,15?,18+,20-/m0/s1. The van der Waals surface area contributed by atoms with E-state index >= 15 is 0 Å². The molecule has 2 nitrogen and oxygen atoms in total. The average molecular weight is 316 g/mol. The number of unbranched alkanes of at least 4 members (excludes halogenated alkanes) is 2. The minimum absolute atomic E-state index is 0.243. The van der Waals surface area contributed by atoms with Gasteiger partial charge in [0.1, 0.15) is 11.5 Å². The van der Waals surface area contributed by atoms with Crippen LogP contribution in [0.1, 0.15) is 77.3 Å². The van der Waals surface area contributed by atoms with Crippen molar-refractivity contribution in [2.45, 2.75) is 78.7 Å². The van der Waals surface area contributed by atoms with E-state index in [0.717, 1.165) is 17.7 Å². The van der Waals surface area contributed by atoms with Crippen molar-refractivity contribution in [1.29, 1.82) is 0 Å². The molecule has 0 spiro atoms. The second kappa shape index (κ2) is 6.03. The van der Waals surface area contributed by atoms with E-state index in [1.54, 1.807) is 0 Å². The van der Waals surface area contributed by atoms with Crippen molar-refractivity contribution in [2.75, 3.05) is 0 Å². The average Bonchev–Trinajstić information content (AvgIpc) is 2.48. The zero-order valence-electron chi connectivity index (χ0n) is 15.4. The highest BCUT2D eigenvalue weighted by atomic mass is 16.5. The van der Waals surface area contributed by atoms with Crippen molar-refractivity contribution in [3.8, 4) is 11.5 Å². The number of hydrogen-bond acceptors (Lipinski definition) is 2. The van der Waals surface area contributed by atoms with E-state index in [0.29, 0.717) is 23.5 Å². The zero-order chi connectivity index (χ0) is 16.8. The normalized spacial score (nSPS) is 30.8. The molecule has 128 valence electrons. The predicted molar refractivity (Wildman–Crippen MR) is 95.2 cm³/mol. The Labute approximate surface area is 141 Å².